The molecule has 2 aromatic heterocycles. The summed E-state index contributed by atoms with van der Waals surface area (Å²) in [6, 6.07) is 12.6. The van der Waals surface area contributed by atoms with E-state index in [2.05, 4.69) is 10.3 Å². The van der Waals surface area contributed by atoms with E-state index in [1.807, 2.05) is 42.6 Å². The maximum atomic E-state index is 12.3. The summed E-state index contributed by atoms with van der Waals surface area (Å²) in [6.07, 6.45) is 3.69. The average Bonchev–Trinajstić information content (AvgIpc) is 3.00. The van der Waals surface area contributed by atoms with Gasteiger partial charge in [-0.3, -0.25) is 4.79 Å². The van der Waals surface area contributed by atoms with Crippen LogP contribution >= 0.6 is 0 Å². The Bertz CT molecular complexity index is 945. The molecule has 0 saturated heterocycles. The molecule has 0 aliphatic heterocycles. The number of hydrogen-bond acceptors (Lipinski definition) is 4. The van der Waals surface area contributed by atoms with E-state index in [0.29, 0.717) is 30.7 Å². The number of ether oxygens (including phenoxy) is 1. The van der Waals surface area contributed by atoms with E-state index in [1.54, 1.807) is 24.3 Å². The van der Waals surface area contributed by atoms with Gasteiger partial charge >= 0.3 is 5.97 Å². The number of benzene rings is 1. The molecule has 0 bridgehead atoms. The van der Waals surface area contributed by atoms with Gasteiger partial charge in [0.15, 0.2) is 0 Å². The first-order valence-corrected chi connectivity index (χ1v) is 9.08. The van der Waals surface area contributed by atoms with E-state index in [9.17, 15) is 9.59 Å². The zero-order chi connectivity index (χ0) is 19.2. The minimum absolute atomic E-state index is 0.0819. The Morgan fingerprint density at radius 3 is 2.67 bits per heavy atom. The molecular weight excluding hydrogens is 342 g/mol. The second-order valence-corrected chi connectivity index (χ2v) is 6.33. The van der Waals surface area contributed by atoms with Crippen LogP contribution in [0.15, 0.2) is 48.7 Å². The van der Waals surface area contributed by atoms with Crippen LogP contribution in [0.2, 0.25) is 0 Å². The van der Waals surface area contributed by atoms with Gasteiger partial charge in [0.1, 0.15) is 5.65 Å². The Hall–Kier alpha value is -3.15. The molecule has 140 valence electrons. The number of carbonyl (C=O) groups excluding carboxylic acids is 2. The van der Waals surface area contributed by atoms with E-state index in [0.717, 1.165) is 23.5 Å². The number of pyridine rings is 1. The normalized spacial score (nSPS) is 10.7. The van der Waals surface area contributed by atoms with Gasteiger partial charge in [-0.15, -0.1) is 0 Å². The third-order valence-electron chi connectivity index (χ3n) is 4.26. The lowest BCUT2D eigenvalue weighted by Crippen LogP contribution is -2.13. The number of carbonyl (C=O) groups is 2. The van der Waals surface area contributed by atoms with Crippen molar-refractivity contribution in [3.05, 3.63) is 65.6 Å². The SMILES string of the molecule is CCCOC(=O)c1ccc(NC(=O)CCc2c(C)nc3ccccn23)cc1. The van der Waals surface area contributed by atoms with Gasteiger partial charge in [-0.25, -0.2) is 9.78 Å². The Morgan fingerprint density at radius 1 is 1.15 bits per heavy atom. The summed E-state index contributed by atoms with van der Waals surface area (Å²) in [6.45, 7) is 4.30. The van der Waals surface area contributed by atoms with Crippen LogP contribution < -0.4 is 5.32 Å². The summed E-state index contributed by atoms with van der Waals surface area (Å²) in [5.41, 5.74) is 3.99. The number of hydrogen-bond donors (Lipinski definition) is 1. The third-order valence-corrected chi connectivity index (χ3v) is 4.26. The molecule has 3 rings (SSSR count). The molecular formula is C21H23N3O3. The summed E-state index contributed by atoms with van der Waals surface area (Å²) < 4.78 is 7.10. The Labute approximate surface area is 158 Å². The van der Waals surface area contributed by atoms with Gasteiger partial charge in [0.25, 0.3) is 0 Å². The van der Waals surface area contributed by atoms with E-state index in [-0.39, 0.29) is 11.9 Å². The highest BCUT2D eigenvalue weighted by molar-refractivity contribution is 5.93. The molecule has 6 nitrogen and oxygen atoms in total. The maximum Gasteiger partial charge on any atom is 0.338 e. The highest BCUT2D eigenvalue weighted by Gasteiger charge is 2.11. The lowest BCUT2D eigenvalue weighted by Gasteiger charge is -2.07. The van der Waals surface area contributed by atoms with Crippen molar-refractivity contribution >= 4 is 23.2 Å². The number of rotatable bonds is 7. The molecule has 0 aliphatic carbocycles. The van der Waals surface area contributed by atoms with Gasteiger partial charge in [-0.05, 0) is 56.2 Å². The van der Waals surface area contributed by atoms with Crippen molar-refractivity contribution in [3.63, 3.8) is 0 Å². The second kappa shape index (κ2) is 8.49. The quantitative estimate of drug-likeness (QED) is 0.647. The first-order chi connectivity index (χ1) is 13.1. The average molecular weight is 365 g/mol. The van der Waals surface area contributed by atoms with Crippen LogP contribution in [0.1, 0.15) is 41.5 Å². The number of nitrogens with zero attached hydrogens (tertiary/aromatic N) is 2. The molecule has 0 spiro atoms. The number of amides is 1. The first kappa shape index (κ1) is 18.6. The molecule has 0 aliphatic rings. The molecule has 6 heteroatoms. The van der Waals surface area contributed by atoms with Crippen LogP contribution in [0.5, 0.6) is 0 Å². The molecule has 27 heavy (non-hydrogen) atoms. The van der Waals surface area contributed by atoms with Crippen molar-refractivity contribution in [2.75, 3.05) is 11.9 Å². The van der Waals surface area contributed by atoms with Crippen molar-refractivity contribution in [2.45, 2.75) is 33.1 Å². The third kappa shape index (κ3) is 4.53. The van der Waals surface area contributed by atoms with Crippen LogP contribution in [-0.2, 0) is 16.0 Å². The van der Waals surface area contributed by atoms with E-state index in [4.69, 9.17) is 4.74 Å². The fourth-order valence-electron chi connectivity index (χ4n) is 2.89. The molecule has 0 saturated carbocycles. The largest absolute Gasteiger partial charge is 0.462 e. The zero-order valence-electron chi connectivity index (χ0n) is 15.6. The Kier molecular flexibility index (Phi) is 5.86. The maximum absolute atomic E-state index is 12.3. The lowest BCUT2D eigenvalue weighted by molar-refractivity contribution is -0.116. The molecule has 0 unspecified atom stereocenters. The summed E-state index contributed by atoms with van der Waals surface area (Å²) in [5.74, 6) is -0.431. The van der Waals surface area contributed by atoms with Crippen molar-refractivity contribution in [2.24, 2.45) is 0 Å². The number of anilines is 1. The fraction of sp³-hybridized carbons (Fsp3) is 0.286. The van der Waals surface area contributed by atoms with E-state index >= 15 is 0 Å². The first-order valence-electron chi connectivity index (χ1n) is 9.08. The van der Waals surface area contributed by atoms with Crippen molar-refractivity contribution in [1.29, 1.82) is 0 Å². The molecule has 0 radical (unpaired) electrons. The summed E-state index contributed by atoms with van der Waals surface area (Å²) >= 11 is 0. The number of aryl methyl sites for hydroxylation is 2. The predicted molar refractivity (Wildman–Crippen MR) is 104 cm³/mol. The van der Waals surface area contributed by atoms with E-state index in [1.165, 1.54) is 0 Å². The highest BCUT2D eigenvalue weighted by Crippen LogP contribution is 2.15. The van der Waals surface area contributed by atoms with Crippen molar-refractivity contribution in [3.8, 4) is 0 Å². The minimum atomic E-state index is -0.349. The number of nitrogens with one attached hydrogen (secondary N) is 1. The van der Waals surface area contributed by atoms with Crippen molar-refractivity contribution in [1.82, 2.24) is 9.38 Å². The molecule has 1 aromatic carbocycles. The summed E-state index contributed by atoms with van der Waals surface area (Å²) in [7, 11) is 0. The van der Waals surface area contributed by atoms with Crippen LogP contribution in [-0.4, -0.2) is 27.9 Å². The fourth-order valence-corrected chi connectivity index (χ4v) is 2.89. The van der Waals surface area contributed by atoms with Crippen LogP contribution in [0.3, 0.4) is 0 Å². The topological polar surface area (TPSA) is 72.7 Å². The lowest BCUT2D eigenvalue weighted by atomic mass is 10.2. The van der Waals surface area contributed by atoms with Gasteiger partial charge in [0, 0.05) is 24.0 Å². The number of fused-ring (bicyclic) bond motifs is 1. The van der Waals surface area contributed by atoms with Crippen LogP contribution in [0, 0.1) is 6.92 Å². The van der Waals surface area contributed by atoms with Crippen molar-refractivity contribution < 1.29 is 14.3 Å². The number of imidazole rings is 1. The molecule has 1 N–H and O–H groups in total. The Balaban J connectivity index is 1.57. The highest BCUT2D eigenvalue weighted by atomic mass is 16.5. The number of esters is 1. The molecule has 0 fully saturated rings. The molecule has 3 aromatic rings. The minimum Gasteiger partial charge on any atom is -0.462 e. The summed E-state index contributed by atoms with van der Waals surface area (Å²) in [4.78, 5) is 28.6. The van der Waals surface area contributed by atoms with Gasteiger partial charge in [0.2, 0.25) is 5.91 Å². The standard InChI is InChI=1S/C21H23N3O3/c1-3-14-27-21(26)16-7-9-17(10-8-16)23-20(25)12-11-18-15(2)22-19-6-4-5-13-24(18)19/h4-10,13H,3,11-12,14H2,1-2H3,(H,23,25). The Morgan fingerprint density at radius 2 is 1.93 bits per heavy atom. The van der Waals surface area contributed by atoms with Gasteiger partial charge in [0.05, 0.1) is 17.9 Å². The monoisotopic (exact) mass is 365 g/mol. The van der Waals surface area contributed by atoms with Gasteiger partial charge < -0.3 is 14.5 Å². The van der Waals surface area contributed by atoms with Crippen LogP contribution in [0.4, 0.5) is 5.69 Å². The second-order valence-electron chi connectivity index (χ2n) is 6.33. The molecule has 2 heterocycles. The molecule has 0 atom stereocenters. The smallest absolute Gasteiger partial charge is 0.338 e. The molecule has 1 amide bonds. The number of aromatic nitrogens is 2. The van der Waals surface area contributed by atoms with Gasteiger partial charge in [-0.2, -0.15) is 0 Å². The predicted octanol–water partition coefficient (Wildman–Crippen LogP) is 3.78. The summed E-state index contributed by atoms with van der Waals surface area (Å²) in [5, 5.41) is 2.86. The van der Waals surface area contributed by atoms with Gasteiger partial charge in [-0.1, -0.05) is 13.0 Å². The van der Waals surface area contributed by atoms with Crippen LogP contribution in [0.25, 0.3) is 5.65 Å². The van der Waals surface area contributed by atoms with E-state index < -0.39 is 0 Å². The zero-order valence-corrected chi connectivity index (χ0v) is 15.6.